The predicted octanol–water partition coefficient (Wildman–Crippen LogP) is 3.24. The zero-order valence-corrected chi connectivity index (χ0v) is 20.1. The van der Waals surface area contributed by atoms with Crippen LogP contribution in [0, 0.1) is 0 Å². The van der Waals surface area contributed by atoms with E-state index in [9.17, 15) is 4.79 Å². The molecule has 1 aromatic carbocycles. The number of hydrogen-bond acceptors (Lipinski definition) is 7. The lowest BCUT2D eigenvalue weighted by Crippen LogP contribution is -2.59. The van der Waals surface area contributed by atoms with Gasteiger partial charge in [0.05, 0.1) is 24.5 Å². The number of carbonyl (C=O) groups is 1. The lowest BCUT2D eigenvalue weighted by atomic mass is 9.79. The monoisotopic (exact) mass is 468 g/mol. The average Bonchev–Trinajstić information content (AvgIpc) is 3.20. The third-order valence-corrected chi connectivity index (χ3v) is 7.92. The molecule has 0 spiro atoms. The number of aromatic nitrogens is 4. The van der Waals surface area contributed by atoms with E-state index < -0.39 is 0 Å². The number of amides is 1. The maximum absolute atomic E-state index is 12.8. The van der Waals surface area contributed by atoms with Crippen molar-refractivity contribution >= 4 is 39.7 Å². The topological polar surface area (TPSA) is 85.2 Å². The highest BCUT2D eigenvalue weighted by molar-refractivity contribution is 7.99. The van der Waals surface area contributed by atoms with Gasteiger partial charge in [-0.1, -0.05) is 49.2 Å². The van der Waals surface area contributed by atoms with E-state index in [1.807, 2.05) is 12.1 Å². The molecule has 9 heteroatoms. The van der Waals surface area contributed by atoms with Gasteiger partial charge >= 0.3 is 0 Å². The van der Waals surface area contributed by atoms with E-state index in [0.29, 0.717) is 17.5 Å². The number of para-hydroxylation sites is 1. The summed E-state index contributed by atoms with van der Waals surface area (Å²) in [4.78, 5) is 20.0. The molecule has 176 valence electrons. The normalized spacial score (nSPS) is 19.2. The van der Waals surface area contributed by atoms with Gasteiger partial charge in [0.1, 0.15) is 5.52 Å². The molecular weight excluding hydrogens is 436 g/mol. The number of morpholine rings is 1. The Morgan fingerprint density at radius 2 is 1.94 bits per heavy atom. The number of ether oxygens (including phenoxy) is 1. The van der Waals surface area contributed by atoms with Crippen LogP contribution in [0.4, 0.5) is 0 Å². The van der Waals surface area contributed by atoms with Crippen LogP contribution < -0.4 is 5.32 Å². The quantitative estimate of drug-likeness (QED) is 0.533. The van der Waals surface area contributed by atoms with Crippen molar-refractivity contribution in [2.75, 3.05) is 38.6 Å². The van der Waals surface area contributed by atoms with Crippen molar-refractivity contribution in [3.05, 3.63) is 24.3 Å². The van der Waals surface area contributed by atoms with Crippen LogP contribution in [0.5, 0.6) is 0 Å². The van der Waals surface area contributed by atoms with Gasteiger partial charge in [-0.3, -0.25) is 9.69 Å². The summed E-state index contributed by atoms with van der Waals surface area (Å²) in [5.41, 5.74) is 2.81. The van der Waals surface area contributed by atoms with Gasteiger partial charge in [-0.05, 0) is 25.8 Å². The van der Waals surface area contributed by atoms with Crippen LogP contribution in [0.1, 0.15) is 39.0 Å². The minimum atomic E-state index is 0.0259. The molecule has 3 heterocycles. The van der Waals surface area contributed by atoms with Crippen LogP contribution in [-0.4, -0.2) is 74.7 Å². The highest BCUT2D eigenvalue weighted by Gasteiger charge is 2.38. The second-order valence-electron chi connectivity index (χ2n) is 8.98. The zero-order valence-electron chi connectivity index (χ0n) is 19.3. The molecule has 2 aromatic heterocycles. The molecule has 0 radical (unpaired) electrons. The highest BCUT2D eigenvalue weighted by atomic mass is 32.2. The molecule has 33 heavy (non-hydrogen) atoms. The molecule has 3 aromatic rings. The maximum atomic E-state index is 12.8. The second kappa shape index (κ2) is 9.95. The largest absolute Gasteiger partial charge is 0.379 e. The molecule has 0 bridgehead atoms. The number of fused-ring (bicyclic) bond motifs is 3. The van der Waals surface area contributed by atoms with E-state index in [1.165, 1.54) is 31.0 Å². The van der Waals surface area contributed by atoms with E-state index >= 15 is 0 Å². The molecule has 1 aliphatic carbocycles. The Balaban J connectivity index is 1.24. The molecular formula is C24H32N6O2S. The number of nitrogens with one attached hydrogen (secondary N) is 1. The van der Waals surface area contributed by atoms with Crippen LogP contribution in [0.2, 0.25) is 0 Å². The molecule has 8 nitrogen and oxygen atoms in total. The third kappa shape index (κ3) is 4.58. The van der Waals surface area contributed by atoms with Gasteiger partial charge in [-0.25, -0.2) is 4.98 Å². The number of rotatable bonds is 7. The van der Waals surface area contributed by atoms with E-state index in [0.717, 1.165) is 67.8 Å². The molecule has 1 N–H and O–H groups in total. The molecule has 2 fully saturated rings. The fourth-order valence-corrected chi connectivity index (χ4v) is 5.98. The number of carbonyl (C=O) groups excluding carboxylic acids is 1. The van der Waals surface area contributed by atoms with Gasteiger partial charge in [0.25, 0.3) is 0 Å². The minimum Gasteiger partial charge on any atom is -0.379 e. The number of thioether (sulfide) groups is 1. The summed E-state index contributed by atoms with van der Waals surface area (Å²) in [5, 5.41) is 13.6. The molecule has 0 atom stereocenters. The lowest BCUT2D eigenvalue weighted by molar-refractivity contribution is -0.119. The van der Waals surface area contributed by atoms with Crippen LogP contribution in [0.15, 0.2) is 29.4 Å². The van der Waals surface area contributed by atoms with Crippen LogP contribution in [0.3, 0.4) is 0 Å². The Morgan fingerprint density at radius 3 is 2.73 bits per heavy atom. The Kier molecular flexibility index (Phi) is 6.80. The van der Waals surface area contributed by atoms with Gasteiger partial charge in [0, 0.05) is 37.1 Å². The average molecular weight is 469 g/mol. The number of aryl methyl sites for hydroxylation is 1. The smallest absolute Gasteiger partial charge is 0.230 e. The first-order chi connectivity index (χ1) is 16.2. The number of benzene rings is 1. The highest BCUT2D eigenvalue weighted by Crippen LogP contribution is 2.34. The van der Waals surface area contributed by atoms with Crippen molar-refractivity contribution < 1.29 is 9.53 Å². The predicted molar refractivity (Wildman–Crippen MR) is 130 cm³/mol. The van der Waals surface area contributed by atoms with Gasteiger partial charge in [0.15, 0.2) is 5.65 Å². The number of hydrogen-bond donors (Lipinski definition) is 1. The van der Waals surface area contributed by atoms with Crippen molar-refractivity contribution in [3.8, 4) is 0 Å². The summed E-state index contributed by atoms with van der Waals surface area (Å²) in [6, 6.07) is 8.16. The van der Waals surface area contributed by atoms with E-state index in [-0.39, 0.29) is 11.4 Å². The first-order valence-electron chi connectivity index (χ1n) is 12.0. The summed E-state index contributed by atoms with van der Waals surface area (Å²) in [6.45, 7) is 7.08. The number of nitrogens with zero attached hydrogens (tertiary/aromatic N) is 5. The second-order valence-corrected chi connectivity index (χ2v) is 9.92. The van der Waals surface area contributed by atoms with Crippen LogP contribution >= 0.6 is 11.8 Å². The van der Waals surface area contributed by atoms with Crippen molar-refractivity contribution in [1.82, 2.24) is 30.0 Å². The van der Waals surface area contributed by atoms with E-state index in [4.69, 9.17) is 9.72 Å². The molecule has 0 unspecified atom stereocenters. The minimum absolute atomic E-state index is 0.0259. The van der Waals surface area contributed by atoms with Gasteiger partial charge in [0.2, 0.25) is 11.1 Å². The Morgan fingerprint density at radius 1 is 1.15 bits per heavy atom. The fraction of sp³-hybridized carbons (Fsp3) is 0.583. The summed E-state index contributed by atoms with van der Waals surface area (Å²) in [7, 11) is 0. The third-order valence-electron chi connectivity index (χ3n) is 7.08. The van der Waals surface area contributed by atoms with Gasteiger partial charge in [-0.2, -0.15) is 0 Å². The molecule has 5 rings (SSSR count). The summed E-state index contributed by atoms with van der Waals surface area (Å²) in [5.74, 6) is 0.316. The summed E-state index contributed by atoms with van der Waals surface area (Å²) < 4.78 is 7.71. The zero-order chi connectivity index (χ0) is 22.7. The van der Waals surface area contributed by atoms with Crippen LogP contribution in [-0.2, 0) is 16.1 Å². The van der Waals surface area contributed by atoms with Crippen LogP contribution in [0.25, 0.3) is 22.1 Å². The van der Waals surface area contributed by atoms with Gasteiger partial charge in [-0.15, -0.1) is 10.2 Å². The Hall–Kier alpha value is -2.23. The van der Waals surface area contributed by atoms with E-state index in [2.05, 4.69) is 44.0 Å². The van der Waals surface area contributed by atoms with Gasteiger partial charge < -0.3 is 14.6 Å². The molecule has 1 saturated heterocycles. The standard InChI is InChI=1S/C24H32N6O2S/c1-2-30-19-9-5-4-8-18(19)21-22(30)26-23(28-27-21)33-16-20(31)25-17-24(10-6-3-7-11-24)29-12-14-32-15-13-29/h4-5,8-9H,2-3,6-7,10-17H2,1H3,(H,25,31). The molecule has 2 aliphatic rings. The molecule has 1 amide bonds. The summed E-state index contributed by atoms with van der Waals surface area (Å²) >= 11 is 1.35. The lowest BCUT2D eigenvalue weighted by Gasteiger charge is -2.48. The SMILES string of the molecule is CCn1c2ccccc2c2nnc(SCC(=O)NCC3(N4CCOCC4)CCCCC3)nc21. The van der Waals surface area contributed by atoms with Crippen molar-refractivity contribution in [3.63, 3.8) is 0 Å². The van der Waals surface area contributed by atoms with E-state index in [1.54, 1.807) is 0 Å². The first kappa shape index (κ1) is 22.6. The maximum Gasteiger partial charge on any atom is 0.230 e. The Bertz CT molecular complexity index is 1120. The summed E-state index contributed by atoms with van der Waals surface area (Å²) in [6.07, 6.45) is 6.04. The molecule has 1 aliphatic heterocycles. The van der Waals surface area contributed by atoms with Crippen molar-refractivity contribution in [2.45, 2.75) is 56.3 Å². The van der Waals surface area contributed by atoms with Crippen molar-refractivity contribution in [1.29, 1.82) is 0 Å². The molecule has 1 saturated carbocycles. The Labute approximate surface area is 198 Å². The van der Waals surface area contributed by atoms with Crippen molar-refractivity contribution in [2.24, 2.45) is 0 Å². The fourth-order valence-electron chi connectivity index (χ4n) is 5.37. The first-order valence-corrected chi connectivity index (χ1v) is 13.0.